The number of anilines is 2. The molecule has 1 aliphatic rings. The van der Waals surface area contributed by atoms with Crippen LogP contribution in [0, 0.1) is 12.8 Å². The van der Waals surface area contributed by atoms with Gasteiger partial charge < -0.3 is 10.6 Å². The van der Waals surface area contributed by atoms with E-state index in [1.165, 1.54) is 6.42 Å². The number of nitrogen functional groups attached to an aromatic ring is 1. The van der Waals surface area contributed by atoms with Crippen molar-refractivity contribution in [2.45, 2.75) is 20.3 Å². The van der Waals surface area contributed by atoms with Crippen LogP contribution in [0.5, 0.6) is 0 Å². The summed E-state index contributed by atoms with van der Waals surface area (Å²) in [7, 11) is 0. The van der Waals surface area contributed by atoms with Crippen LogP contribution in [0.4, 0.5) is 11.5 Å². The highest BCUT2D eigenvalue weighted by Crippen LogP contribution is 2.30. The second-order valence-corrected chi connectivity index (χ2v) is 4.04. The number of hydrogen-bond donors (Lipinski definition) is 1. The molecule has 1 aromatic heterocycles. The quantitative estimate of drug-likeness (QED) is 0.775. The van der Waals surface area contributed by atoms with Crippen LogP contribution < -0.4 is 10.6 Å². The second-order valence-electron chi connectivity index (χ2n) is 4.04. The maximum absolute atomic E-state index is 5.98. The van der Waals surface area contributed by atoms with Crippen LogP contribution in [0.2, 0.25) is 0 Å². The molecule has 14 heavy (non-hydrogen) atoms. The Morgan fingerprint density at radius 1 is 1.57 bits per heavy atom. The van der Waals surface area contributed by atoms with Crippen molar-refractivity contribution in [3.8, 4) is 0 Å². The molecule has 0 saturated carbocycles. The molecule has 0 aliphatic carbocycles. The van der Waals surface area contributed by atoms with Crippen molar-refractivity contribution in [3.05, 3.63) is 17.8 Å². The first kappa shape index (κ1) is 9.31. The van der Waals surface area contributed by atoms with Crippen LogP contribution in [-0.2, 0) is 0 Å². The SMILES string of the molecule is CCC1CN(c2nccc(C)c2N)C1. The Morgan fingerprint density at radius 3 is 2.93 bits per heavy atom. The summed E-state index contributed by atoms with van der Waals surface area (Å²) in [6, 6.07) is 1.95. The van der Waals surface area contributed by atoms with Gasteiger partial charge in [0.25, 0.3) is 0 Å². The molecule has 1 aromatic rings. The Morgan fingerprint density at radius 2 is 2.29 bits per heavy atom. The zero-order chi connectivity index (χ0) is 10.1. The summed E-state index contributed by atoms with van der Waals surface area (Å²) >= 11 is 0. The first-order valence-corrected chi connectivity index (χ1v) is 5.18. The summed E-state index contributed by atoms with van der Waals surface area (Å²) in [5, 5.41) is 0. The molecule has 3 heteroatoms. The molecule has 0 atom stereocenters. The van der Waals surface area contributed by atoms with Gasteiger partial charge >= 0.3 is 0 Å². The molecular formula is C11H17N3. The topological polar surface area (TPSA) is 42.2 Å². The Kier molecular flexibility index (Phi) is 2.32. The van der Waals surface area contributed by atoms with Gasteiger partial charge in [0.1, 0.15) is 0 Å². The molecule has 0 amide bonds. The van der Waals surface area contributed by atoms with Gasteiger partial charge in [-0.1, -0.05) is 6.92 Å². The van der Waals surface area contributed by atoms with E-state index in [0.29, 0.717) is 0 Å². The van der Waals surface area contributed by atoms with Crippen molar-refractivity contribution in [3.63, 3.8) is 0 Å². The zero-order valence-corrected chi connectivity index (χ0v) is 8.83. The van der Waals surface area contributed by atoms with Gasteiger partial charge in [0.15, 0.2) is 5.82 Å². The molecule has 0 unspecified atom stereocenters. The van der Waals surface area contributed by atoms with Gasteiger partial charge in [0, 0.05) is 19.3 Å². The van der Waals surface area contributed by atoms with E-state index in [4.69, 9.17) is 5.73 Å². The third-order valence-electron chi connectivity index (χ3n) is 3.02. The standard InChI is InChI=1S/C11H17N3/c1-3-9-6-14(7-9)11-10(12)8(2)4-5-13-11/h4-5,9H,3,6-7,12H2,1-2H3. The molecule has 0 spiro atoms. The maximum atomic E-state index is 5.98. The average molecular weight is 191 g/mol. The number of nitrogens with two attached hydrogens (primary N) is 1. The molecule has 76 valence electrons. The highest BCUT2D eigenvalue weighted by Gasteiger charge is 2.27. The first-order chi connectivity index (χ1) is 6.72. The molecule has 0 bridgehead atoms. The van der Waals surface area contributed by atoms with Crippen LogP contribution in [0.15, 0.2) is 12.3 Å². The molecular weight excluding hydrogens is 174 g/mol. The van der Waals surface area contributed by atoms with Gasteiger partial charge in [-0.25, -0.2) is 4.98 Å². The molecule has 3 nitrogen and oxygen atoms in total. The van der Waals surface area contributed by atoms with Crippen molar-refractivity contribution in [2.24, 2.45) is 5.92 Å². The van der Waals surface area contributed by atoms with Crippen LogP contribution in [0.1, 0.15) is 18.9 Å². The second kappa shape index (κ2) is 3.48. The number of rotatable bonds is 2. The summed E-state index contributed by atoms with van der Waals surface area (Å²) in [6.45, 7) is 6.47. The van der Waals surface area contributed by atoms with Crippen molar-refractivity contribution in [1.29, 1.82) is 0 Å². The molecule has 1 saturated heterocycles. The van der Waals surface area contributed by atoms with E-state index in [0.717, 1.165) is 36.1 Å². The van der Waals surface area contributed by atoms with Crippen LogP contribution in [0.3, 0.4) is 0 Å². The fourth-order valence-corrected chi connectivity index (χ4v) is 1.81. The molecule has 0 aromatic carbocycles. The van der Waals surface area contributed by atoms with Crippen LogP contribution in [-0.4, -0.2) is 18.1 Å². The van der Waals surface area contributed by atoms with E-state index in [9.17, 15) is 0 Å². The lowest BCUT2D eigenvalue weighted by atomic mass is 9.97. The summed E-state index contributed by atoms with van der Waals surface area (Å²) in [6.07, 6.45) is 3.09. The lowest BCUT2D eigenvalue weighted by Gasteiger charge is -2.40. The van der Waals surface area contributed by atoms with Crippen molar-refractivity contribution in [1.82, 2.24) is 4.98 Å². The van der Waals surface area contributed by atoms with Gasteiger partial charge in [-0.3, -0.25) is 0 Å². The molecule has 0 radical (unpaired) electrons. The summed E-state index contributed by atoms with van der Waals surface area (Å²) in [5.74, 6) is 1.80. The van der Waals surface area contributed by atoms with Crippen molar-refractivity contribution < 1.29 is 0 Å². The number of aromatic nitrogens is 1. The lowest BCUT2D eigenvalue weighted by molar-refractivity contribution is 0.396. The van der Waals surface area contributed by atoms with E-state index in [2.05, 4.69) is 16.8 Å². The Balaban J connectivity index is 2.14. The monoisotopic (exact) mass is 191 g/mol. The maximum Gasteiger partial charge on any atom is 0.152 e. The van der Waals surface area contributed by atoms with Gasteiger partial charge in [-0.15, -0.1) is 0 Å². The molecule has 1 aliphatic heterocycles. The third kappa shape index (κ3) is 1.43. The van der Waals surface area contributed by atoms with Crippen LogP contribution in [0.25, 0.3) is 0 Å². The Hall–Kier alpha value is -1.25. The molecule has 2 rings (SSSR count). The molecule has 2 heterocycles. The lowest BCUT2D eigenvalue weighted by Crippen LogP contribution is -2.47. The van der Waals surface area contributed by atoms with E-state index >= 15 is 0 Å². The minimum atomic E-state index is 0.830. The summed E-state index contributed by atoms with van der Waals surface area (Å²) in [5.41, 5.74) is 7.93. The number of nitrogens with zero attached hydrogens (tertiary/aromatic N) is 2. The van der Waals surface area contributed by atoms with Gasteiger partial charge in [0.05, 0.1) is 5.69 Å². The molecule has 1 fully saturated rings. The Bertz CT molecular complexity index is 329. The minimum absolute atomic E-state index is 0.830. The van der Waals surface area contributed by atoms with Crippen molar-refractivity contribution in [2.75, 3.05) is 23.7 Å². The predicted octanol–water partition coefficient (Wildman–Crippen LogP) is 1.82. The number of hydrogen-bond acceptors (Lipinski definition) is 3. The fraction of sp³-hybridized carbons (Fsp3) is 0.545. The number of aryl methyl sites for hydroxylation is 1. The highest BCUT2D eigenvalue weighted by atomic mass is 15.2. The summed E-state index contributed by atoms with van der Waals surface area (Å²) < 4.78 is 0. The Labute approximate surface area is 84.9 Å². The van der Waals surface area contributed by atoms with E-state index < -0.39 is 0 Å². The highest BCUT2D eigenvalue weighted by molar-refractivity contribution is 5.67. The fourth-order valence-electron chi connectivity index (χ4n) is 1.81. The van der Waals surface area contributed by atoms with E-state index in [-0.39, 0.29) is 0 Å². The summed E-state index contributed by atoms with van der Waals surface area (Å²) in [4.78, 5) is 6.59. The van der Waals surface area contributed by atoms with E-state index in [1.54, 1.807) is 0 Å². The largest absolute Gasteiger partial charge is 0.396 e. The first-order valence-electron chi connectivity index (χ1n) is 5.18. The minimum Gasteiger partial charge on any atom is -0.396 e. The van der Waals surface area contributed by atoms with Crippen molar-refractivity contribution >= 4 is 11.5 Å². The predicted molar refractivity (Wildman–Crippen MR) is 59.4 cm³/mol. The van der Waals surface area contributed by atoms with E-state index in [1.807, 2.05) is 19.2 Å². The third-order valence-corrected chi connectivity index (χ3v) is 3.02. The van der Waals surface area contributed by atoms with Crippen LogP contribution >= 0.6 is 0 Å². The van der Waals surface area contributed by atoms with Gasteiger partial charge in [-0.05, 0) is 30.9 Å². The number of pyridine rings is 1. The normalized spacial score (nSPS) is 16.9. The zero-order valence-electron chi connectivity index (χ0n) is 8.83. The smallest absolute Gasteiger partial charge is 0.152 e. The molecule has 2 N–H and O–H groups in total. The van der Waals surface area contributed by atoms with Gasteiger partial charge in [-0.2, -0.15) is 0 Å². The van der Waals surface area contributed by atoms with Gasteiger partial charge in [0.2, 0.25) is 0 Å². The average Bonchev–Trinajstić information content (AvgIpc) is 2.10.